The summed E-state index contributed by atoms with van der Waals surface area (Å²) in [7, 11) is -3.68. The zero-order chi connectivity index (χ0) is 19.3. The molecule has 0 aromatic heterocycles. The Morgan fingerprint density at radius 2 is 1.59 bits per heavy atom. The summed E-state index contributed by atoms with van der Waals surface area (Å²) in [4.78, 5) is 12.1. The zero-order valence-corrected chi connectivity index (χ0v) is 15.2. The molecule has 0 atom stereocenters. The van der Waals surface area contributed by atoms with Crippen LogP contribution < -0.4 is 21.5 Å². The number of anilines is 1. The van der Waals surface area contributed by atoms with E-state index in [-0.39, 0.29) is 15.8 Å². The minimum atomic E-state index is -3.68. The molecular formula is C18H19N5O3S. The summed E-state index contributed by atoms with van der Waals surface area (Å²) in [5, 5.41) is 14.3. The summed E-state index contributed by atoms with van der Waals surface area (Å²) in [6.45, 7) is 2.13. The van der Waals surface area contributed by atoms with Crippen molar-refractivity contribution in [1.82, 2.24) is 16.2 Å². The van der Waals surface area contributed by atoms with Gasteiger partial charge in [-0.2, -0.15) is 5.26 Å². The molecule has 0 aliphatic carbocycles. The molecule has 0 saturated carbocycles. The second-order valence-corrected chi connectivity index (χ2v) is 8.08. The van der Waals surface area contributed by atoms with Crippen LogP contribution in [0.5, 0.6) is 0 Å². The van der Waals surface area contributed by atoms with Crippen molar-refractivity contribution in [3.63, 3.8) is 0 Å². The molecule has 1 fully saturated rings. The third-order valence-corrected chi connectivity index (χ3v) is 5.96. The van der Waals surface area contributed by atoms with Crippen LogP contribution >= 0.6 is 0 Å². The molecule has 2 amide bonds. The van der Waals surface area contributed by atoms with E-state index in [1.54, 1.807) is 0 Å². The lowest BCUT2D eigenvalue weighted by atomic mass is 10.2. The highest BCUT2D eigenvalue weighted by molar-refractivity contribution is 7.91. The summed E-state index contributed by atoms with van der Waals surface area (Å²) < 4.78 is 25.2. The fourth-order valence-electron chi connectivity index (χ4n) is 2.62. The maximum atomic E-state index is 12.6. The van der Waals surface area contributed by atoms with Gasteiger partial charge in [0.15, 0.2) is 0 Å². The lowest BCUT2D eigenvalue weighted by Gasteiger charge is -2.11. The van der Waals surface area contributed by atoms with E-state index in [9.17, 15) is 13.2 Å². The Balaban J connectivity index is 1.63. The summed E-state index contributed by atoms with van der Waals surface area (Å²) in [5.74, 6) is 0.329. The van der Waals surface area contributed by atoms with Gasteiger partial charge in [-0.15, -0.1) is 0 Å². The van der Waals surface area contributed by atoms with Gasteiger partial charge in [-0.3, -0.25) is 10.9 Å². The van der Waals surface area contributed by atoms with Crippen LogP contribution in [0.4, 0.5) is 10.5 Å². The highest BCUT2D eigenvalue weighted by Gasteiger charge is 2.18. The largest absolute Gasteiger partial charge is 0.337 e. The first kappa shape index (κ1) is 18.8. The molecule has 0 bridgehead atoms. The fourth-order valence-corrected chi connectivity index (χ4v) is 3.88. The van der Waals surface area contributed by atoms with Gasteiger partial charge in [0.1, 0.15) is 0 Å². The molecule has 4 N–H and O–H groups in total. The highest BCUT2D eigenvalue weighted by atomic mass is 32.2. The van der Waals surface area contributed by atoms with Crippen molar-refractivity contribution in [2.45, 2.75) is 9.79 Å². The van der Waals surface area contributed by atoms with Crippen LogP contribution in [0.1, 0.15) is 5.56 Å². The number of carbonyl (C=O) groups excluding carboxylic acids is 1. The maximum absolute atomic E-state index is 12.6. The Bertz CT molecular complexity index is 944. The third kappa shape index (κ3) is 4.62. The molecule has 2 aromatic rings. The zero-order valence-electron chi connectivity index (χ0n) is 14.4. The first-order chi connectivity index (χ1) is 13.0. The Hall–Kier alpha value is -2.93. The fraction of sp³-hybridized carbons (Fsp3) is 0.222. The van der Waals surface area contributed by atoms with E-state index >= 15 is 0 Å². The van der Waals surface area contributed by atoms with Crippen LogP contribution in [-0.4, -0.2) is 34.1 Å². The summed E-state index contributed by atoms with van der Waals surface area (Å²) in [6.07, 6.45) is 0. The lowest BCUT2D eigenvalue weighted by Crippen LogP contribution is -2.34. The Labute approximate surface area is 157 Å². The van der Waals surface area contributed by atoms with Gasteiger partial charge in [0.05, 0.1) is 21.4 Å². The van der Waals surface area contributed by atoms with Crippen molar-refractivity contribution < 1.29 is 13.2 Å². The average molecular weight is 385 g/mol. The number of benzene rings is 2. The van der Waals surface area contributed by atoms with Gasteiger partial charge in [0.2, 0.25) is 9.84 Å². The number of nitrogens with zero attached hydrogens (tertiary/aromatic N) is 1. The predicted octanol–water partition coefficient (Wildman–Crippen LogP) is 1.24. The van der Waals surface area contributed by atoms with Crippen molar-refractivity contribution in [3.05, 3.63) is 54.1 Å². The van der Waals surface area contributed by atoms with Crippen molar-refractivity contribution in [1.29, 1.82) is 5.26 Å². The van der Waals surface area contributed by atoms with Crippen molar-refractivity contribution in [3.8, 4) is 6.07 Å². The second-order valence-electron chi connectivity index (χ2n) is 6.13. The number of nitriles is 1. The number of hydrogen-bond donors (Lipinski definition) is 4. The molecule has 1 saturated heterocycles. The average Bonchev–Trinajstić information content (AvgIpc) is 3.20. The number of rotatable bonds is 5. The highest BCUT2D eigenvalue weighted by Crippen LogP contribution is 2.22. The normalized spacial score (nSPS) is 14.5. The van der Waals surface area contributed by atoms with E-state index in [0.29, 0.717) is 23.7 Å². The quantitative estimate of drug-likeness (QED) is 0.614. The van der Waals surface area contributed by atoms with Gasteiger partial charge < -0.3 is 10.6 Å². The number of hydrogen-bond acceptors (Lipinski definition) is 6. The smallest absolute Gasteiger partial charge is 0.319 e. The lowest BCUT2D eigenvalue weighted by molar-refractivity contribution is 0.250. The first-order valence-corrected chi connectivity index (χ1v) is 9.83. The maximum Gasteiger partial charge on any atom is 0.319 e. The SMILES string of the molecule is N#Cc1ccc(S(=O)(=O)c2ccc(NC(=O)NCC3CNNC3)cc2)cc1. The molecule has 1 heterocycles. The van der Waals surface area contributed by atoms with Gasteiger partial charge in [0, 0.05) is 31.2 Å². The van der Waals surface area contributed by atoms with Crippen LogP contribution in [0.3, 0.4) is 0 Å². The Morgan fingerprint density at radius 1 is 1.04 bits per heavy atom. The van der Waals surface area contributed by atoms with Gasteiger partial charge in [-0.25, -0.2) is 13.2 Å². The van der Waals surface area contributed by atoms with Gasteiger partial charge >= 0.3 is 6.03 Å². The number of sulfone groups is 1. The van der Waals surface area contributed by atoms with E-state index in [2.05, 4.69) is 21.5 Å². The molecule has 1 aliphatic rings. The molecule has 2 aromatic carbocycles. The molecule has 140 valence electrons. The van der Waals surface area contributed by atoms with Crippen LogP contribution in [0.25, 0.3) is 0 Å². The molecule has 3 rings (SSSR count). The Kier molecular flexibility index (Phi) is 5.71. The first-order valence-electron chi connectivity index (χ1n) is 8.35. The number of amides is 2. The van der Waals surface area contributed by atoms with E-state index in [1.807, 2.05) is 6.07 Å². The number of urea groups is 1. The van der Waals surface area contributed by atoms with Crippen LogP contribution in [0, 0.1) is 17.2 Å². The van der Waals surface area contributed by atoms with Crippen molar-refractivity contribution in [2.75, 3.05) is 25.0 Å². The van der Waals surface area contributed by atoms with E-state index in [0.717, 1.165) is 13.1 Å². The van der Waals surface area contributed by atoms with Gasteiger partial charge in [-0.1, -0.05) is 0 Å². The summed E-state index contributed by atoms with van der Waals surface area (Å²) >= 11 is 0. The molecular weight excluding hydrogens is 366 g/mol. The molecule has 27 heavy (non-hydrogen) atoms. The van der Waals surface area contributed by atoms with Gasteiger partial charge in [0.25, 0.3) is 0 Å². The minimum absolute atomic E-state index is 0.110. The van der Waals surface area contributed by atoms with E-state index < -0.39 is 9.84 Å². The predicted molar refractivity (Wildman–Crippen MR) is 99.6 cm³/mol. The molecule has 0 unspecified atom stereocenters. The number of carbonyl (C=O) groups is 1. The summed E-state index contributed by atoms with van der Waals surface area (Å²) in [6, 6.07) is 13.3. The molecule has 0 spiro atoms. The third-order valence-electron chi connectivity index (χ3n) is 4.17. The van der Waals surface area contributed by atoms with Crippen LogP contribution in [0.2, 0.25) is 0 Å². The molecule has 8 nitrogen and oxygen atoms in total. The van der Waals surface area contributed by atoms with E-state index in [4.69, 9.17) is 5.26 Å². The van der Waals surface area contributed by atoms with Gasteiger partial charge in [-0.05, 0) is 48.5 Å². The number of nitrogens with one attached hydrogen (secondary N) is 4. The van der Waals surface area contributed by atoms with Crippen LogP contribution in [-0.2, 0) is 9.84 Å². The topological polar surface area (TPSA) is 123 Å². The van der Waals surface area contributed by atoms with Crippen LogP contribution in [0.15, 0.2) is 58.3 Å². The van der Waals surface area contributed by atoms with Crippen molar-refractivity contribution in [2.24, 2.45) is 5.92 Å². The molecule has 9 heteroatoms. The van der Waals surface area contributed by atoms with Crippen molar-refractivity contribution >= 4 is 21.6 Å². The summed E-state index contributed by atoms with van der Waals surface area (Å²) in [5.41, 5.74) is 6.87. The molecule has 1 aliphatic heterocycles. The minimum Gasteiger partial charge on any atom is -0.337 e. The second kappa shape index (κ2) is 8.18. The van der Waals surface area contributed by atoms with E-state index in [1.165, 1.54) is 48.5 Å². The monoisotopic (exact) mass is 385 g/mol. The molecule has 0 radical (unpaired) electrons. The standard InChI is InChI=1S/C18H19N5O3S/c19-9-13-1-5-16(6-2-13)27(25,26)17-7-3-15(4-8-17)23-18(24)20-10-14-11-21-22-12-14/h1-8,14,21-22H,10-12H2,(H2,20,23,24). The Morgan fingerprint density at radius 3 is 2.15 bits per heavy atom. The number of hydrazine groups is 1.